The molecule has 3 rings (SSSR count). The standard InChI is InChI=1S/C19H30N2O/c1-2-20-10-8-19(9-11-20)21-12-7-18(14-21)13-16-3-5-17(15-22)6-4-16/h3-6,18-19,22H,2,7-15H2,1H3/t18-/m0/s1. The van der Waals surface area contributed by atoms with E-state index >= 15 is 0 Å². The van der Waals surface area contributed by atoms with E-state index in [9.17, 15) is 0 Å². The highest BCUT2D eigenvalue weighted by Gasteiger charge is 2.30. The van der Waals surface area contributed by atoms with Crippen molar-refractivity contribution in [1.29, 1.82) is 0 Å². The zero-order chi connectivity index (χ0) is 15.4. The number of hydrogen-bond donors (Lipinski definition) is 1. The number of benzene rings is 1. The minimum Gasteiger partial charge on any atom is -0.392 e. The van der Waals surface area contributed by atoms with Gasteiger partial charge in [-0.15, -0.1) is 0 Å². The van der Waals surface area contributed by atoms with Crippen molar-refractivity contribution in [3.05, 3.63) is 35.4 Å². The molecule has 2 aliphatic rings. The van der Waals surface area contributed by atoms with Crippen molar-refractivity contribution in [1.82, 2.24) is 9.80 Å². The van der Waals surface area contributed by atoms with Crippen molar-refractivity contribution in [2.45, 2.75) is 45.3 Å². The van der Waals surface area contributed by atoms with Gasteiger partial charge < -0.3 is 10.0 Å². The predicted molar refractivity (Wildman–Crippen MR) is 90.9 cm³/mol. The molecule has 1 N–H and O–H groups in total. The van der Waals surface area contributed by atoms with Crippen LogP contribution in [0.5, 0.6) is 0 Å². The van der Waals surface area contributed by atoms with Crippen LogP contribution >= 0.6 is 0 Å². The first-order valence-electron chi connectivity index (χ1n) is 8.93. The van der Waals surface area contributed by atoms with Crippen molar-refractivity contribution >= 4 is 0 Å². The summed E-state index contributed by atoms with van der Waals surface area (Å²) in [6, 6.07) is 9.32. The van der Waals surface area contributed by atoms with Crippen LogP contribution in [0.2, 0.25) is 0 Å². The average Bonchev–Trinajstić information content (AvgIpc) is 3.04. The molecule has 22 heavy (non-hydrogen) atoms. The van der Waals surface area contributed by atoms with Gasteiger partial charge in [0.2, 0.25) is 0 Å². The van der Waals surface area contributed by atoms with Gasteiger partial charge in [-0.25, -0.2) is 0 Å². The smallest absolute Gasteiger partial charge is 0.0681 e. The molecule has 1 aromatic rings. The fourth-order valence-corrected chi connectivity index (χ4v) is 4.08. The van der Waals surface area contributed by atoms with Gasteiger partial charge in [-0.2, -0.15) is 0 Å². The second-order valence-electron chi connectivity index (χ2n) is 6.99. The molecule has 122 valence electrons. The van der Waals surface area contributed by atoms with E-state index in [-0.39, 0.29) is 6.61 Å². The molecule has 3 nitrogen and oxygen atoms in total. The molecule has 2 heterocycles. The number of piperidine rings is 1. The summed E-state index contributed by atoms with van der Waals surface area (Å²) in [6.45, 7) is 8.76. The van der Waals surface area contributed by atoms with Gasteiger partial charge >= 0.3 is 0 Å². The second-order valence-corrected chi connectivity index (χ2v) is 6.99. The van der Waals surface area contributed by atoms with Gasteiger partial charge in [0, 0.05) is 12.6 Å². The highest BCUT2D eigenvalue weighted by molar-refractivity contribution is 5.22. The van der Waals surface area contributed by atoms with E-state index in [1.807, 2.05) is 0 Å². The van der Waals surface area contributed by atoms with Gasteiger partial charge in [-0.1, -0.05) is 31.2 Å². The van der Waals surface area contributed by atoms with E-state index in [4.69, 9.17) is 5.11 Å². The van der Waals surface area contributed by atoms with E-state index in [2.05, 4.69) is 41.0 Å². The number of hydrogen-bond acceptors (Lipinski definition) is 3. The van der Waals surface area contributed by atoms with Gasteiger partial charge in [0.05, 0.1) is 6.61 Å². The predicted octanol–water partition coefficient (Wildman–Crippen LogP) is 2.53. The van der Waals surface area contributed by atoms with Crippen LogP contribution in [0.4, 0.5) is 0 Å². The molecule has 1 atom stereocenters. The van der Waals surface area contributed by atoms with Gasteiger partial charge in [0.25, 0.3) is 0 Å². The molecular weight excluding hydrogens is 272 g/mol. The van der Waals surface area contributed by atoms with Crippen LogP contribution in [0.3, 0.4) is 0 Å². The van der Waals surface area contributed by atoms with Crippen molar-refractivity contribution in [2.24, 2.45) is 5.92 Å². The first-order valence-corrected chi connectivity index (χ1v) is 8.93. The molecule has 0 aromatic heterocycles. The number of rotatable bonds is 5. The zero-order valence-corrected chi connectivity index (χ0v) is 13.9. The van der Waals surface area contributed by atoms with E-state index < -0.39 is 0 Å². The summed E-state index contributed by atoms with van der Waals surface area (Å²) in [6.07, 6.45) is 5.24. The Morgan fingerprint density at radius 2 is 1.68 bits per heavy atom. The Bertz CT molecular complexity index is 451. The monoisotopic (exact) mass is 302 g/mol. The number of aliphatic hydroxyl groups excluding tert-OH is 1. The third kappa shape index (κ3) is 3.89. The van der Waals surface area contributed by atoms with E-state index in [1.165, 1.54) is 64.0 Å². The molecule has 2 fully saturated rings. The van der Waals surface area contributed by atoms with Crippen molar-refractivity contribution in [2.75, 3.05) is 32.7 Å². The summed E-state index contributed by atoms with van der Waals surface area (Å²) >= 11 is 0. The summed E-state index contributed by atoms with van der Waals surface area (Å²) in [4.78, 5) is 5.33. The Kier molecular flexibility index (Phi) is 5.51. The van der Waals surface area contributed by atoms with E-state index in [1.54, 1.807) is 0 Å². The molecule has 0 aliphatic carbocycles. The largest absolute Gasteiger partial charge is 0.392 e. The van der Waals surface area contributed by atoms with Gasteiger partial charge in [0.15, 0.2) is 0 Å². The van der Waals surface area contributed by atoms with Crippen LogP contribution in [0.15, 0.2) is 24.3 Å². The summed E-state index contributed by atoms with van der Waals surface area (Å²) in [5.41, 5.74) is 2.43. The van der Waals surface area contributed by atoms with E-state index in [0.717, 1.165) is 17.5 Å². The van der Waals surface area contributed by atoms with Gasteiger partial charge in [-0.3, -0.25) is 4.90 Å². The number of aliphatic hydroxyl groups is 1. The maximum absolute atomic E-state index is 9.12. The first kappa shape index (κ1) is 16.0. The summed E-state index contributed by atoms with van der Waals surface area (Å²) in [5, 5.41) is 9.12. The Morgan fingerprint density at radius 1 is 1.00 bits per heavy atom. The fourth-order valence-electron chi connectivity index (χ4n) is 4.08. The molecule has 0 spiro atoms. The lowest BCUT2D eigenvalue weighted by Crippen LogP contribution is -2.43. The normalized spacial score (nSPS) is 24.9. The lowest BCUT2D eigenvalue weighted by atomic mass is 9.97. The van der Waals surface area contributed by atoms with Crippen LogP contribution in [0, 0.1) is 5.92 Å². The lowest BCUT2D eigenvalue weighted by Gasteiger charge is -2.36. The Hall–Kier alpha value is -0.900. The highest BCUT2D eigenvalue weighted by atomic mass is 16.3. The summed E-state index contributed by atoms with van der Waals surface area (Å²) in [7, 11) is 0. The molecule has 0 amide bonds. The SMILES string of the molecule is CCN1CCC(N2CC[C@@H](Cc3ccc(CO)cc3)C2)CC1. The fraction of sp³-hybridized carbons (Fsp3) is 0.684. The van der Waals surface area contributed by atoms with Gasteiger partial charge in [-0.05, 0) is 68.9 Å². The first-order chi connectivity index (χ1) is 10.8. The lowest BCUT2D eigenvalue weighted by molar-refractivity contribution is 0.127. The molecule has 0 unspecified atom stereocenters. The summed E-state index contributed by atoms with van der Waals surface area (Å²) < 4.78 is 0. The Balaban J connectivity index is 1.47. The minimum absolute atomic E-state index is 0.147. The topological polar surface area (TPSA) is 26.7 Å². The average molecular weight is 302 g/mol. The maximum Gasteiger partial charge on any atom is 0.0681 e. The third-order valence-electron chi connectivity index (χ3n) is 5.57. The highest BCUT2D eigenvalue weighted by Crippen LogP contribution is 2.26. The Morgan fingerprint density at radius 3 is 2.32 bits per heavy atom. The molecule has 0 bridgehead atoms. The number of nitrogens with zero attached hydrogens (tertiary/aromatic N) is 2. The minimum atomic E-state index is 0.147. The molecule has 0 saturated carbocycles. The molecule has 0 radical (unpaired) electrons. The van der Waals surface area contributed by atoms with Crippen LogP contribution in [-0.2, 0) is 13.0 Å². The van der Waals surface area contributed by atoms with Crippen LogP contribution in [0.1, 0.15) is 37.3 Å². The maximum atomic E-state index is 9.12. The van der Waals surface area contributed by atoms with Crippen molar-refractivity contribution in [3.63, 3.8) is 0 Å². The van der Waals surface area contributed by atoms with Crippen molar-refractivity contribution < 1.29 is 5.11 Å². The van der Waals surface area contributed by atoms with E-state index in [0.29, 0.717) is 0 Å². The molecule has 1 aromatic carbocycles. The zero-order valence-electron chi connectivity index (χ0n) is 13.9. The molecular formula is C19H30N2O. The molecule has 3 heteroatoms. The quantitative estimate of drug-likeness (QED) is 0.905. The summed E-state index contributed by atoms with van der Waals surface area (Å²) in [5.74, 6) is 0.809. The second kappa shape index (κ2) is 7.58. The molecule has 2 saturated heterocycles. The van der Waals surface area contributed by atoms with Crippen LogP contribution in [-0.4, -0.2) is 53.7 Å². The number of likely N-dealkylation sites (tertiary alicyclic amines) is 2. The third-order valence-corrected chi connectivity index (χ3v) is 5.57. The van der Waals surface area contributed by atoms with Crippen LogP contribution < -0.4 is 0 Å². The molecule has 2 aliphatic heterocycles. The van der Waals surface area contributed by atoms with Crippen molar-refractivity contribution in [3.8, 4) is 0 Å². The Labute approximate surface area is 134 Å². The van der Waals surface area contributed by atoms with Gasteiger partial charge in [0.1, 0.15) is 0 Å². The van der Waals surface area contributed by atoms with Crippen LogP contribution in [0.25, 0.3) is 0 Å².